The summed E-state index contributed by atoms with van der Waals surface area (Å²) in [4.78, 5) is 26.8. The van der Waals surface area contributed by atoms with Crippen LogP contribution in [0.4, 0.5) is 4.79 Å². The number of likely N-dealkylation sites (tertiary alicyclic amines) is 2. The molecule has 0 spiro atoms. The van der Waals surface area contributed by atoms with Crippen LogP contribution in [0, 0.1) is 0 Å². The zero-order valence-corrected chi connectivity index (χ0v) is 11.5. The summed E-state index contributed by atoms with van der Waals surface area (Å²) < 4.78 is 0. The Morgan fingerprint density at radius 2 is 2.00 bits per heavy atom. The van der Waals surface area contributed by atoms with E-state index in [0.29, 0.717) is 6.04 Å². The smallest absolute Gasteiger partial charge is 0.317 e. The van der Waals surface area contributed by atoms with E-state index in [-0.39, 0.29) is 18.5 Å². The van der Waals surface area contributed by atoms with Crippen molar-refractivity contribution in [3.8, 4) is 0 Å². The van der Waals surface area contributed by atoms with Gasteiger partial charge in [0.15, 0.2) is 0 Å². The summed E-state index contributed by atoms with van der Waals surface area (Å²) in [5.41, 5.74) is 0. The number of carboxylic acids is 1. The van der Waals surface area contributed by atoms with Gasteiger partial charge >= 0.3 is 12.0 Å². The number of nitrogens with zero attached hydrogens (tertiary/aromatic N) is 2. The van der Waals surface area contributed by atoms with Gasteiger partial charge in [-0.1, -0.05) is 0 Å². The highest BCUT2D eigenvalue weighted by Crippen LogP contribution is 2.20. The summed E-state index contributed by atoms with van der Waals surface area (Å²) >= 11 is 0. The second-order valence-corrected chi connectivity index (χ2v) is 5.58. The lowest BCUT2D eigenvalue weighted by Crippen LogP contribution is -2.45. The molecular weight excluding hydrogens is 246 g/mol. The summed E-state index contributed by atoms with van der Waals surface area (Å²) in [6, 6.07) is 0.0364. The average molecular weight is 269 g/mol. The minimum Gasteiger partial charge on any atom is -0.481 e. The van der Waals surface area contributed by atoms with Crippen LogP contribution in [0.5, 0.6) is 0 Å². The SMILES string of the molecule is CC(CC(=O)O)NC(=O)N1CCC(N2CCCC2)C1. The van der Waals surface area contributed by atoms with Crippen molar-refractivity contribution in [3.05, 3.63) is 0 Å². The normalized spacial score (nSPS) is 25.5. The van der Waals surface area contributed by atoms with Gasteiger partial charge in [0.25, 0.3) is 0 Å². The Morgan fingerprint density at radius 1 is 1.32 bits per heavy atom. The molecule has 0 bridgehead atoms. The highest BCUT2D eigenvalue weighted by atomic mass is 16.4. The van der Waals surface area contributed by atoms with Gasteiger partial charge in [0.1, 0.15) is 0 Å². The van der Waals surface area contributed by atoms with Crippen LogP contribution < -0.4 is 5.32 Å². The van der Waals surface area contributed by atoms with Crippen molar-refractivity contribution in [2.75, 3.05) is 26.2 Å². The van der Waals surface area contributed by atoms with Gasteiger partial charge in [-0.3, -0.25) is 9.69 Å². The number of amides is 2. The van der Waals surface area contributed by atoms with E-state index in [2.05, 4.69) is 10.2 Å². The van der Waals surface area contributed by atoms with Gasteiger partial charge in [0.2, 0.25) is 0 Å². The molecule has 2 fully saturated rings. The molecule has 2 saturated heterocycles. The van der Waals surface area contributed by atoms with Crippen molar-refractivity contribution in [2.24, 2.45) is 0 Å². The monoisotopic (exact) mass is 269 g/mol. The van der Waals surface area contributed by atoms with Crippen LogP contribution in [-0.4, -0.2) is 65.2 Å². The molecule has 0 radical (unpaired) electrons. The second kappa shape index (κ2) is 6.23. The molecular formula is C13H23N3O3. The predicted molar refractivity (Wildman–Crippen MR) is 71.0 cm³/mol. The van der Waals surface area contributed by atoms with E-state index in [4.69, 9.17) is 5.11 Å². The summed E-state index contributed by atoms with van der Waals surface area (Å²) in [7, 11) is 0. The molecule has 2 atom stereocenters. The van der Waals surface area contributed by atoms with E-state index in [1.54, 1.807) is 11.8 Å². The number of rotatable bonds is 4. The molecule has 0 saturated carbocycles. The molecule has 2 N–H and O–H groups in total. The van der Waals surface area contributed by atoms with Crippen LogP contribution in [0.2, 0.25) is 0 Å². The van der Waals surface area contributed by atoms with E-state index in [0.717, 1.165) is 32.6 Å². The number of hydrogen-bond acceptors (Lipinski definition) is 3. The second-order valence-electron chi connectivity index (χ2n) is 5.58. The van der Waals surface area contributed by atoms with Crippen LogP contribution in [0.1, 0.15) is 32.6 Å². The van der Waals surface area contributed by atoms with Crippen LogP contribution in [-0.2, 0) is 4.79 Å². The number of nitrogens with one attached hydrogen (secondary N) is 1. The Labute approximate surface area is 113 Å². The average Bonchev–Trinajstić information content (AvgIpc) is 2.99. The van der Waals surface area contributed by atoms with E-state index < -0.39 is 5.97 Å². The van der Waals surface area contributed by atoms with Crippen LogP contribution >= 0.6 is 0 Å². The Bertz CT molecular complexity index is 342. The minimum absolute atomic E-state index is 0.0326. The molecule has 2 unspecified atom stereocenters. The summed E-state index contributed by atoms with van der Waals surface area (Å²) in [6.45, 7) is 5.56. The van der Waals surface area contributed by atoms with Crippen LogP contribution in [0.15, 0.2) is 0 Å². The van der Waals surface area contributed by atoms with Crippen molar-refractivity contribution in [1.29, 1.82) is 0 Å². The molecule has 2 amide bonds. The lowest BCUT2D eigenvalue weighted by atomic mass is 10.2. The number of hydrogen-bond donors (Lipinski definition) is 2. The number of carboxylic acid groups (broad SMARTS) is 1. The molecule has 2 aliphatic rings. The highest BCUT2D eigenvalue weighted by molar-refractivity contribution is 5.76. The fourth-order valence-electron chi connectivity index (χ4n) is 2.95. The van der Waals surface area contributed by atoms with E-state index >= 15 is 0 Å². The number of carbonyl (C=O) groups excluding carboxylic acids is 1. The van der Waals surface area contributed by atoms with Crippen molar-refractivity contribution in [2.45, 2.75) is 44.7 Å². The standard InChI is InChI=1S/C13H23N3O3/c1-10(8-12(17)18)14-13(19)16-7-4-11(9-16)15-5-2-3-6-15/h10-11H,2-9H2,1H3,(H,14,19)(H,17,18). The first-order valence-corrected chi connectivity index (χ1v) is 7.07. The molecule has 0 aromatic carbocycles. The number of aliphatic carboxylic acids is 1. The first-order chi connectivity index (χ1) is 9.06. The van der Waals surface area contributed by atoms with Gasteiger partial charge in [-0.2, -0.15) is 0 Å². The molecule has 0 aliphatic carbocycles. The molecule has 0 aromatic rings. The zero-order chi connectivity index (χ0) is 13.8. The van der Waals surface area contributed by atoms with Crippen LogP contribution in [0.3, 0.4) is 0 Å². The largest absolute Gasteiger partial charge is 0.481 e. The molecule has 108 valence electrons. The third kappa shape index (κ3) is 3.83. The third-order valence-electron chi connectivity index (χ3n) is 3.96. The van der Waals surface area contributed by atoms with Crippen LogP contribution in [0.25, 0.3) is 0 Å². The molecule has 6 nitrogen and oxygen atoms in total. The van der Waals surface area contributed by atoms with Gasteiger partial charge in [-0.25, -0.2) is 4.79 Å². The molecule has 6 heteroatoms. The maximum atomic E-state index is 12.0. The maximum absolute atomic E-state index is 12.0. The van der Waals surface area contributed by atoms with Gasteiger partial charge in [0.05, 0.1) is 6.42 Å². The Kier molecular flexibility index (Phi) is 4.63. The lowest BCUT2D eigenvalue weighted by molar-refractivity contribution is -0.137. The van der Waals surface area contributed by atoms with Gasteiger partial charge in [-0.05, 0) is 39.3 Å². The first-order valence-electron chi connectivity index (χ1n) is 7.07. The van der Waals surface area contributed by atoms with E-state index in [9.17, 15) is 9.59 Å². The zero-order valence-electron chi connectivity index (χ0n) is 11.5. The van der Waals surface area contributed by atoms with E-state index in [1.807, 2.05) is 0 Å². The quantitative estimate of drug-likeness (QED) is 0.789. The topological polar surface area (TPSA) is 72.9 Å². The van der Waals surface area contributed by atoms with Crippen molar-refractivity contribution < 1.29 is 14.7 Å². The molecule has 19 heavy (non-hydrogen) atoms. The lowest BCUT2D eigenvalue weighted by Gasteiger charge is -2.24. The van der Waals surface area contributed by atoms with Gasteiger partial charge in [-0.15, -0.1) is 0 Å². The molecule has 2 aliphatic heterocycles. The maximum Gasteiger partial charge on any atom is 0.317 e. The Balaban J connectivity index is 1.76. The van der Waals surface area contributed by atoms with Crippen molar-refractivity contribution in [1.82, 2.24) is 15.1 Å². The summed E-state index contributed by atoms with van der Waals surface area (Å²) in [5.74, 6) is -0.885. The van der Waals surface area contributed by atoms with Crippen molar-refractivity contribution in [3.63, 3.8) is 0 Å². The third-order valence-corrected chi connectivity index (χ3v) is 3.96. The number of carbonyl (C=O) groups is 2. The van der Waals surface area contributed by atoms with Gasteiger partial charge in [0, 0.05) is 25.2 Å². The predicted octanol–water partition coefficient (Wildman–Crippen LogP) is 0.729. The molecule has 2 rings (SSSR count). The first kappa shape index (κ1) is 14.1. The molecule has 0 aromatic heterocycles. The summed E-state index contributed by atoms with van der Waals surface area (Å²) in [5, 5.41) is 11.4. The van der Waals surface area contributed by atoms with Crippen molar-refractivity contribution >= 4 is 12.0 Å². The minimum atomic E-state index is -0.885. The fourth-order valence-corrected chi connectivity index (χ4v) is 2.95. The highest BCUT2D eigenvalue weighted by Gasteiger charge is 2.31. The Morgan fingerprint density at radius 3 is 2.63 bits per heavy atom. The van der Waals surface area contributed by atoms with Gasteiger partial charge < -0.3 is 15.3 Å². The van der Waals surface area contributed by atoms with E-state index in [1.165, 1.54) is 12.8 Å². The fraction of sp³-hybridized carbons (Fsp3) is 0.846. The molecule has 2 heterocycles. The summed E-state index contributed by atoms with van der Waals surface area (Å²) in [6.07, 6.45) is 3.52. The Hall–Kier alpha value is -1.30. The number of urea groups is 1.